The van der Waals surface area contributed by atoms with Crippen LogP contribution in [0.25, 0.3) is 0 Å². The number of unbranched alkanes of at least 4 members (excludes halogenated alkanes) is 8. The Kier molecular flexibility index (Phi) is 10.6. The van der Waals surface area contributed by atoms with Crippen molar-refractivity contribution in [3.63, 3.8) is 0 Å². The fourth-order valence-electron chi connectivity index (χ4n) is 3.07. The summed E-state index contributed by atoms with van der Waals surface area (Å²) in [6.07, 6.45) is 12.3. The summed E-state index contributed by atoms with van der Waals surface area (Å²) < 4.78 is 11.1. The van der Waals surface area contributed by atoms with Crippen molar-refractivity contribution in [2.24, 2.45) is 0 Å². The second-order valence-corrected chi connectivity index (χ2v) is 7.28. The van der Waals surface area contributed by atoms with Crippen LogP contribution in [0.15, 0.2) is 48.5 Å². The van der Waals surface area contributed by atoms with Crippen molar-refractivity contribution in [3.05, 3.63) is 59.7 Å². The van der Waals surface area contributed by atoms with E-state index in [1.807, 2.05) is 0 Å². The molecule has 2 rings (SSSR count). The van der Waals surface area contributed by atoms with Crippen molar-refractivity contribution in [1.29, 1.82) is 0 Å². The first-order valence-electron chi connectivity index (χ1n) is 10.7. The number of ether oxygens (including phenoxy) is 2. The van der Waals surface area contributed by atoms with E-state index >= 15 is 0 Å². The number of esters is 1. The lowest BCUT2D eigenvalue weighted by Gasteiger charge is -2.08. The average Bonchev–Trinajstić information content (AvgIpc) is 2.76. The average molecular weight is 397 g/mol. The van der Waals surface area contributed by atoms with Gasteiger partial charge in [-0.25, -0.2) is 4.79 Å². The quantitative estimate of drug-likeness (QED) is 0.156. The highest BCUT2D eigenvalue weighted by Crippen LogP contribution is 2.17. The summed E-state index contributed by atoms with van der Waals surface area (Å²) in [6.45, 7) is 2.94. The van der Waals surface area contributed by atoms with Gasteiger partial charge < -0.3 is 9.47 Å². The molecule has 2 aromatic carbocycles. The standard InChI is InChI=1S/C25H32O4/c1-2-3-4-5-6-7-8-9-10-19-28-23-17-13-22(14-18-23)25(27)29-24-15-11-21(20-26)12-16-24/h11-18,20H,2-10,19H2,1H3. The van der Waals surface area contributed by atoms with Crippen LogP contribution in [-0.4, -0.2) is 18.9 Å². The molecular formula is C25H32O4. The Bertz CT molecular complexity index is 719. The Hall–Kier alpha value is -2.62. The molecule has 0 spiro atoms. The monoisotopic (exact) mass is 396 g/mol. The molecule has 0 amide bonds. The van der Waals surface area contributed by atoms with Crippen LogP contribution < -0.4 is 9.47 Å². The van der Waals surface area contributed by atoms with Crippen LogP contribution in [0.1, 0.15) is 85.4 Å². The molecule has 0 aliphatic carbocycles. The van der Waals surface area contributed by atoms with E-state index in [1.54, 1.807) is 48.5 Å². The van der Waals surface area contributed by atoms with Gasteiger partial charge in [0.05, 0.1) is 12.2 Å². The van der Waals surface area contributed by atoms with Gasteiger partial charge in [0, 0.05) is 5.56 Å². The van der Waals surface area contributed by atoms with Gasteiger partial charge in [-0.3, -0.25) is 4.79 Å². The third-order valence-electron chi connectivity index (χ3n) is 4.83. The summed E-state index contributed by atoms with van der Waals surface area (Å²) in [5, 5.41) is 0. The van der Waals surface area contributed by atoms with Crippen LogP contribution in [0.5, 0.6) is 11.5 Å². The lowest BCUT2D eigenvalue weighted by molar-refractivity contribution is 0.0734. The molecule has 0 saturated heterocycles. The van der Waals surface area contributed by atoms with Crippen LogP contribution >= 0.6 is 0 Å². The van der Waals surface area contributed by atoms with Gasteiger partial charge in [0.25, 0.3) is 0 Å². The maximum Gasteiger partial charge on any atom is 0.343 e. The van der Waals surface area contributed by atoms with E-state index in [0.29, 0.717) is 23.5 Å². The third-order valence-corrected chi connectivity index (χ3v) is 4.83. The molecule has 0 saturated carbocycles. The van der Waals surface area contributed by atoms with Crippen LogP contribution in [0.2, 0.25) is 0 Å². The molecular weight excluding hydrogens is 364 g/mol. The molecule has 0 aliphatic rings. The summed E-state index contributed by atoms with van der Waals surface area (Å²) in [5.74, 6) is 0.733. The molecule has 156 valence electrons. The SMILES string of the molecule is CCCCCCCCCCCOc1ccc(C(=O)Oc2ccc(C=O)cc2)cc1. The normalized spacial score (nSPS) is 10.5. The number of carbonyl (C=O) groups excluding carboxylic acids is 2. The van der Waals surface area contributed by atoms with E-state index in [-0.39, 0.29) is 0 Å². The molecule has 29 heavy (non-hydrogen) atoms. The first-order chi connectivity index (χ1) is 14.2. The summed E-state index contributed by atoms with van der Waals surface area (Å²) in [7, 11) is 0. The minimum atomic E-state index is -0.436. The zero-order chi connectivity index (χ0) is 20.7. The molecule has 0 atom stereocenters. The lowest BCUT2D eigenvalue weighted by Crippen LogP contribution is -2.08. The minimum Gasteiger partial charge on any atom is -0.494 e. The highest BCUT2D eigenvalue weighted by molar-refractivity contribution is 5.91. The summed E-state index contributed by atoms with van der Waals surface area (Å²) in [4.78, 5) is 22.8. The van der Waals surface area contributed by atoms with Crippen molar-refractivity contribution in [2.45, 2.75) is 64.7 Å². The number of carbonyl (C=O) groups is 2. The molecule has 4 nitrogen and oxygen atoms in total. The van der Waals surface area contributed by atoms with Gasteiger partial charge in [-0.05, 0) is 55.0 Å². The van der Waals surface area contributed by atoms with Gasteiger partial charge in [-0.1, -0.05) is 58.3 Å². The molecule has 0 aliphatic heterocycles. The van der Waals surface area contributed by atoms with Crippen molar-refractivity contribution >= 4 is 12.3 Å². The summed E-state index contributed by atoms with van der Waals surface area (Å²) in [5.41, 5.74) is 0.998. The number of benzene rings is 2. The molecule has 0 fully saturated rings. The van der Waals surface area contributed by atoms with E-state index in [0.717, 1.165) is 18.5 Å². The second kappa shape index (κ2) is 13.5. The largest absolute Gasteiger partial charge is 0.494 e. The highest BCUT2D eigenvalue weighted by atomic mass is 16.5. The second-order valence-electron chi connectivity index (χ2n) is 7.28. The van der Waals surface area contributed by atoms with Crippen LogP contribution in [-0.2, 0) is 0 Å². The number of rotatable bonds is 14. The van der Waals surface area contributed by atoms with Crippen LogP contribution in [0.3, 0.4) is 0 Å². The van der Waals surface area contributed by atoms with E-state index < -0.39 is 5.97 Å². The molecule has 4 heteroatoms. The van der Waals surface area contributed by atoms with Gasteiger partial charge >= 0.3 is 5.97 Å². The van der Waals surface area contributed by atoms with Gasteiger partial charge in [0.1, 0.15) is 17.8 Å². The highest BCUT2D eigenvalue weighted by Gasteiger charge is 2.09. The fraction of sp³-hybridized carbons (Fsp3) is 0.440. The van der Waals surface area contributed by atoms with E-state index in [1.165, 1.54) is 51.4 Å². The molecule has 0 unspecified atom stereocenters. The smallest absolute Gasteiger partial charge is 0.343 e. The Labute approximate surface area is 174 Å². The van der Waals surface area contributed by atoms with Gasteiger partial charge in [-0.2, -0.15) is 0 Å². The molecule has 0 radical (unpaired) electrons. The first-order valence-corrected chi connectivity index (χ1v) is 10.7. The Balaban J connectivity index is 1.62. The maximum absolute atomic E-state index is 12.2. The topological polar surface area (TPSA) is 52.6 Å². The molecule has 2 aromatic rings. The predicted molar refractivity (Wildman–Crippen MR) is 116 cm³/mol. The lowest BCUT2D eigenvalue weighted by atomic mass is 10.1. The molecule has 0 heterocycles. The van der Waals surface area contributed by atoms with E-state index in [2.05, 4.69) is 6.92 Å². The van der Waals surface area contributed by atoms with Crippen LogP contribution in [0, 0.1) is 0 Å². The fourth-order valence-corrected chi connectivity index (χ4v) is 3.07. The summed E-state index contributed by atoms with van der Waals surface area (Å²) in [6, 6.07) is 13.4. The summed E-state index contributed by atoms with van der Waals surface area (Å²) >= 11 is 0. The number of hydrogen-bond acceptors (Lipinski definition) is 4. The molecule has 0 N–H and O–H groups in total. The van der Waals surface area contributed by atoms with Gasteiger partial charge in [0.15, 0.2) is 0 Å². The van der Waals surface area contributed by atoms with Gasteiger partial charge in [-0.15, -0.1) is 0 Å². The molecule has 0 bridgehead atoms. The Morgan fingerprint density at radius 3 is 1.90 bits per heavy atom. The zero-order valence-corrected chi connectivity index (χ0v) is 17.4. The first kappa shape index (κ1) is 22.7. The number of hydrogen-bond donors (Lipinski definition) is 0. The van der Waals surface area contributed by atoms with Crippen molar-refractivity contribution in [3.8, 4) is 11.5 Å². The van der Waals surface area contributed by atoms with E-state index in [9.17, 15) is 9.59 Å². The predicted octanol–water partition coefficient (Wildman–Crippen LogP) is 6.63. The van der Waals surface area contributed by atoms with Gasteiger partial charge in [0.2, 0.25) is 0 Å². The van der Waals surface area contributed by atoms with E-state index in [4.69, 9.17) is 9.47 Å². The van der Waals surface area contributed by atoms with Crippen molar-refractivity contribution in [1.82, 2.24) is 0 Å². The Morgan fingerprint density at radius 2 is 1.31 bits per heavy atom. The number of aldehydes is 1. The minimum absolute atomic E-state index is 0.409. The van der Waals surface area contributed by atoms with Crippen molar-refractivity contribution in [2.75, 3.05) is 6.61 Å². The maximum atomic E-state index is 12.2. The Morgan fingerprint density at radius 1 is 0.759 bits per heavy atom. The van der Waals surface area contributed by atoms with Crippen molar-refractivity contribution < 1.29 is 19.1 Å². The zero-order valence-electron chi connectivity index (χ0n) is 17.4. The third kappa shape index (κ3) is 8.95. The molecule has 0 aromatic heterocycles. The van der Waals surface area contributed by atoms with Crippen LogP contribution in [0.4, 0.5) is 0 Å².